The number of amides is 1. The van der Waals surface area contributed by atoms with Crippen LogP contribution in [0.4, 0.5) is 14.6 Å². The number of carbonyl (C=O) groups is 1. The van der Waals surface area contributed by atoms with Gasteiger partial charge in [0.1, 0.15) is 5.82 Å². The van der Waals surface area contributed by atoms with E-state index in [2.05, 4.69) is 15.3 Å². The molecule has 0 aliphatic heterocycles. The van der Waals surface area contributed by atoms with Crippen LogP contribution in [0.3, 0.4) is 0 Å². The minimum atomic E-state index is -2.63. The standard InChI is InChI=1S/C19H18F2N4OS/c1-10(26)23-17-6-12-13(9-25(2)16(12)8-22-17)15-4-11(5-18(24-15)27-3)14-7-19(14,20)21/h4-6,8-9,14H,7H2,1-3H3,(H,22,23,26). The van der Waals surface area contributed by atoms with Crippen molar-refractivity contribution in [1.29, 1.82) is 0 Å². The highest BCUT2D eigenvalue weighted by Gasteiger charge is 2.57. The zero-order valence-corrected chi connectivity index (χ0v) is 15.9. The van der Waals surface area contributed by atoms with Crippen molar-refractivity contribution in [3.8, 4) is 11.3 Å². The SMILES string of the molecule is CSc1cc(C2CC2(F)F)cc(-c2cn(C)c3cnc(NC(C)=O)cc23)n1. The number of rotatable bonds is 4. The van der Waals surface area contributed by atoms with Crippen molar-refractivity contribution in [2.45, 2.75) is 30.2 Å². The summed E-state index contributed by atoms with van der Waals surface area (Å²) in [6, 6.07) is 5.28. The molecule has 1 saturated carbocycles. The Morgan fingerprint density at radius 3 is 2.74 bits per heavy atom. The third-order valence-electron chi connectivity index (χ3n) is 4.72. The van der Waals surface area contributed by atoms with Crippen LogP contribution in [0.15, 0.2) is 35.6 Å². The van der Waals surface area contributed by atoms with Crippen LogP contribution in [0.2, 0.25) is 0 Å². The Morgan fingerprint density at radius 1 is 1.37 bits per heavy atom. The summed E-state index contributed by atoms with van der Waals surface area (Å²) in [5.41, 5.74) is 2.95. The van der Waals surface area contributed by atoms with E-state index in [0.717, 1.165) is 16.5 Å². The lowest BCUT2D eigenvalue weighted by atomic mass is 10.1. The molecule has 1 amide bonds. The summed E-state index contributed by atoms with van der Waals surface area (Å²) in [6.45, 7) is 1.42. The Hall–Kier alpha value is -2.48. The van der Waals surface area contributed by atoms with E-state index in [4.69, 9.17) is 0 Å². The highest BCUT2D eigenvalue weighted by atomic mass is 32.2. The molecule has 3 aromatic rings. The zero-order valence-electron chi connectivity index (χ0n) is 15.1. The van der Waals surface area contributed by atoms with Gasteiger partial charge in [-0.1, -0.05) is 0 Å². The highest BCUT2D eigenvalue weighted by molar-refractivity contribution is 7.98. The van der Waals surface area contributed by atoms with E-state index < -0.39 is 11.8 Å². The van der Waals surface area contributed by atoms with Gasteiger partial charge in [-0.2, -0.15) is 0 Å². The van der Waals surface area contributed by atoms with Gasteiger partial charge in [-0.25, -0.2) is 18.7 Å². The number of pyridine rings is 2. The summed E-state index contributed by atoms with van der Waals surface area (Å²) in [5.74, 6) is -3.13. The largest absolute Gasteiger partial charge is 0.349 e. The van der Waals surface area contributed by atoms with Crippen molar-refractivity contribution < 1.29 is 13.6 Å². The number of hydrogen-bond donors (Lipinski definition) is 1. The van der Waals surface area contributed by atoms with Crippen LogP contribution in [0.5, 0.6) is 0 Å². The molecule has 1 atom stereocenters. The summed E-state index contributed by atoms with van der Waals surface area (Å²) in [5, 5.41) is 4.24. The summed E-state index contributed by atoms with van der Waals surface area (Å²) in [7, 11) is 1.89. The normalized spacial score (nSPS) is 17.9. The van der Waals surface area contributed by atoms with Crippen molar-refractivity contribution in [2.75, 3.05) is 11.6 Å². The molecule has 4 rings (SSSR count). The summed E-state index contributed by atoms with van der Waals surface area (Å²) in [4.78, 5) is 20.2. The lowest BCUT2D eigenvalue weighted by Crippen LogP contribution is -2.07. The van der Waals surface area contributed by atoms with Crippen molar-refractivity contribution in [1.82, 2.24) is 14.5 Å². The van der Waals surface area contributed by atoms with Crippen LogP contribution in [-0.2, 0) is 11.8 Å². The van der Waals surface area contributed by atoms with Gasteiger partial charge in [-0.15, -0.1) is 11.8 Å². The van der Waals surface area contributed by atoms with Crippen LogP contribution in [0.25, 0.3) is 22.2 Å². The maximum atomic E-state index is 13.6. The molecule has 1 aliphatic carbocycles. The Labute approximate surface area is 159 Å². The van der Waals surface area contributed by atoms with E-state index in [1.807, 2.05) is 24.1 Å². The maximum absolute atomic E-state index is 13.6. The molecule has 140 valence electrons. The van der Waals surface area contributed by atoms with Crippen LogP contribution >= 0.6 is 11.8 Å². The van der Waals surface area contributed by atoms with E-state index in [9.17, 15) is 13.6 Å². The Morgan fingerprint density at radius 2 is 2.11 bits per heavy atom. The van der Waals surface area contributed by atoms with Gasteiger partial charge in [0, 0.05) is 37.5 Å². The smallest absolute Gasteiger partial charge is 0.255 e. The summed E-state index contributed by atoms with van der Waals surface area (Å²) >= 11 is 1.43. The first kappa shape index (κ1) is 17.9. The van der Waals surface area contributed by atoms with Crippen LogP contribution in [0, 0.1) is 0 Å². The van der Waals surface area contributed by atoms with Gasteiger partial charge >= 0.3 is 0 Å². The van der Waals surface area contributed by atoms with E-state index in [0.29, 0.717) is 22.1 Å². The minimum Gasteiger partial charge on any atom is -0.349 e. The fourth-order valence-corrected chi connectivity index (χ4v) is 3.72. The predicted molar refractivity (Wildman–Crippen MR) is 102 cm³/mol. The monoisotopic (exact) mass is 388 g/mol. The molecule has 1 unspecified atom stereocenters. The number of fused-ring (bicyclic) bond motifs is 1. The quantitative estimate of drug-likeness (QED) is 0.672. The lowest BCUT2D eigenvalue weighted by molar-refractivity contribution is -0.114. The van der Waals surface area contributed by atoms with Crippen molar-refractivity contribution in [2.24, 2.45) is 7.05 Å². The fraction of sp³-hybridized carbons (Fsp3) is 0.316. The van der Waals surface area contributed by atoms with Crippen LogP contribution in [-0.4, -0.2) is 32.6 Å². The van der Waals surface area contributed by atoms with E-state index >= 15 is 0 Å². The van der Waals surface area contributed by atoms with Gasteiger partial charge in [-0.3, -0.25) is 4.79 Å². The van der Waals surface area contributed by atoms with E-state index in [1.165, 1.54) is 18.7 Å². The second kappa shape index (κ2) is 6.30. The third kappa shape index (κ3) is 3.29. The first-order chi connectivity index (χ1) is 12.8. The molecule has 5 nitrogen and oxygen atoms in total. The third-order valence-corrected chi connectivity index (χ3v) is 5.34. The number of carbonyl (C=O) groups excluding carboxylic acids is 1. The van der Waals surface area contributed by atoms with Crippen LogP contribution in [0.1, 0.15) is 24.8 Å². The number of alkyl halides is 2. The lowest BCUT2D eigenvalue weighted by Gasteiger charge is -2.08. The molecular weight excluding hydrogens is 370 g/mol. The predicted octanol–water partition coefficient (Wildman–Crippen LogP) is 4.44. The first-order valence-corrected chi connectivity index (χ1v) is 9.68. The number of hydrogen-bond acceptors (Lipinski definition) is 4. The molecule has 3 aromatic heterocycles. The molecule has 0 aromatic carbocycles. The number of halogens is 2. The molecule has 1 fully saturated rings. The molecular formula is C19H18F2N4OS. The number of anilines is 1. The van der Waals surface area contributed by atoms with Gasteiger partial charge in [0.2, 0.25) is 5.91 Å². The van der Waals surface area contributed by atoms with Crippen molar-refractivity contribution in [3.05, 3.63) is 36.2 Å². The molecule has 0 saturated heterocycles. The molecule has 1 aliphatic rings. The van der Waals surface area contributed by atoms with E-state index in [1.54, 1.807) is 24.4 Å². The van der Waals surface area contributed by atoms with E-state index in [-0.39, 0.29) is 12.3 Å². The average Bonchev–Trinajstić information content (AvgIpc) is 3.14. The van der Waals surface area contributed by atoms with Gasteiger partial charge in [0.25, 0.3) is 5.92 Å². The van der Waals surface area contributed by atoms with Crippen molar-refractivity contribution in [3.63, 3.8) is 0 Å². The molecule has 8 heteroatoms. The Bertz CT molecular complexity index is 1060. The molecule has 0 spiro atoms. The fourth-order valence-electron chi connectivity index (χ4n) is 3.27. The molecule has 0 radical (unpaired) electrons. The number of aryl methyl sites for hydroxylation is 1. The second-order valence-electron chi connectivity index (χ2n) is 6.77. The zero-order chi connectivity index (χ0) is 19.3. The molecule has 27 heavy (non-hydrogen) atoms. The summed E-state index contributed by atoms with van der Waals surface area (Å²) in [6.07, 6.45) is 5.35. The van der Waals surface area contributed by atoms with Crippen LogP contribution < -0.4 is 5.32 Å². The van der Waals surface area contributed by atoms with Gasteiger partial charge < -0.3 is 9.88 Å². The number of aromatic nitrogens is 3. The molecule has 0 bridgehead atoms. The highest BCUT2D eigenvalue weighted by Crippen LogP contribution is 2.56. The maximum Gasteiger partial charge on any atom is 0.255 e. The Kier molecular flexibility index (Phi) is 4.18. The number of nitrogens with zero attached hydrogens (tertiary/aromatic N) is 3. The number of thioether (sulfide) groups is 1. The minimum absolute atomic E-state index is 0.115. The second-order valence-corrected chi connectivity index (χ2v) is 7.59. The Balaban J connectivity index is 1.86. The molecule has 1 N–H and O–H groups in total. The van der Waals surface area contributed by atoms with Gasteiger partial charge in [0.15, 0.2) is 0 Å². The first-order valence-electron chi connectivity index (χ1n) is 8.45. The molecule has 3 heterocycles. The van der Waals surface area contributed by atoms with Gasteiger partial charge in [0.05, 0.1) is 28.4 Å². The van der Waals surface area contributed by atoms with Crippen molar-refractivity contribution >= 4 is 34.4 Å². The summed E-state index contributed by atoms with van der Waals surface area (Å²) < 4.78 is 29.1. The topological polar surface area (TPSA) is 59.8 Å². The van der Waals surface area contributed by atoms with Gasteiger partial charge in [-0.05, 0) is 30.0 Å². The average molecular weight is 388 g/mol. The number of nitrogens with one attached hydrogen (secondary N) is 1.